The van der Waals surface area contributed by atoms with Gasteiger partial charge in [-0.15, -0.1) is 0 Å². The number of hydrogen-bond donors (Lipinski definition) is 2. The summed E-state index contributed by atoms with van der Waals surface area (Å²) in [6, 6.07) is 2.10. The average Bonchev–Trinajstić information content (AvgIpc) is 2.70. The second-order valence-electron chi connectivity index (χ2n) is 4.41. The highest BCUT2D eigenvalue weighted by atomic mass is 19.2. The van der Waals surface area contributed by atoms with Gasteiger partial charge in [-0.05, 0) is 19.0 Å². The summed E-state index contributed by atoms with van der Waals surface area (Å²) < 4.78 is 31.2. The Kier molecular flexibility index (Phi) is 3.31. The van der Waals surface area contributed by atoms with Gasteiger partial charge in [0, 0.05) is 24.6 Å². The molecule has 1 aromatic carbocycles. The molecule has 1 fully saturated rings. The minimum atomic E-state index is -0.942. The smallest absolute Gasteiger partial charge is 0.162 e. The molecule has 1 unspecified atom stereocenters. The van der Waals surface area contributed by atoms with Gasteiger partial charge >= 0.3 is 0 Å². The Morgan fingerprint density at radius 3 is 2.71 bits per heavy atom. The van der Waals surface area contributed by atoms with E-state index in [4.69, 9.17) is 4.74 Å². The number of halogens is 2. The highest BCUT2D eigenvalue weighted by molar-refractivity contribution is 5.36. The van der Waals surface area contributed by atoms with Gasteiger partial charge in [-0.2, -0.15) is 0 Å². The Hall–Kier alpha value is -1.20. The van der Waals surface area contributed by atoms with Crippen LogP contribution in [0, 0.1) is 11.6 Å². The van der Waals surface area contributed by atoms with E-state index < -0.39 is 17.2 Å². The summed E-state index contributed by atoms with van der Waals surface area (Å²) in [5.74, 6) is -1.60. The molecule has 1 saturated heterocycles. The first-order valence-electron chi connectivity index (χ1n) is 5.49. The van der Waals surface area contributed by atoms with Crippen LogP contribution in [0.4, 0.5) is 8.78 Å². The van der Waals surface area contributed by atoms with E-state index in [1.807, 2.05) is 0 Å². The van der Waals surface area contributed by atoms with Crippen LogP contribution in [-0.4, -0.2) is 30.9 Å². The van der Waals surface area contributed by atoms with E-state index in [0.717, 1.165) is 18.7 Å². The van der Waals surface area contributed by atoms with Crippen LogP contribution in [0.15, 0.2) is 12.1 Å². The van der Waals surface area contributed by atoms with E-state index in [1.165, 1.54) is 7.11 Å². The van der Waals surface area contributed by atoms with Gasteiger partial charge < -0.3 is 15.2 Å². The molecule has 1 aromatic rings. The highest BCUT2D eigenvalue weighted by Crippen LogP contribution is 2.28. The van der Waals surface area contributed by atoms with Gasteiger partial charge in [0.15, 0.2) is 11.6 Å². The van der Waals surface area contributed by atoms with Crippen molar-refractivity contribution in [2.24, 2.45) is 0 Å². The molecule has 0 saturated carbocycles. The molecule has 0 amide bonds. The molecule has 5 heteroatoms. The van der Waals surface area contributed by atoms with Crippen molar-refractivity contribution in [1.29, 1.82) is 0 Å². The summed E-state index contributed by atoms with van der Waals surface area (Å²) in [7, 11) is 1.40. The third kappa shape index (κ3) is 2.56. The molecule has 1 heterocycles. The lowest BCUT2D eigenvalue weighted by atomic mass is 9.93. The third-order valence-electron chi connectivity index (χ3n) is 3.06. The zero-order valence-corrected chi connectivity index (χ0v) is 9.59. The van der Waals surface area contributed by atoms with Crippen molar-refractivity contribution in [2.75, 3.05) is 20.2 Å². The van der Waals surface area contributed by atoms with Crippen molar-refractivity contribution < 1.29 is 18.6 Å². The molecule has 0 spiro atoms. The molecule has 0 aliphatic carbocycles. The normalized spacial score (nSPS) is 24.0. The van der Waals surface area contributed by atoms with Gasteiger partial charge in [-0.3, -0.25) is 0 Å². The van der Waals surface area contributed by atoms with Crippen LogP contribution in [0.5, 0.6) is 5.75 Å². The van der Waals surface area contributed by atoms with Gasteiger partial charge in [0.1, 0.15) is 5.75 Å². The summed E-state index contributed by atoms with van der Waals surface area (Å²) in [6.45, 7) is 1.18. The lowest BCUT2D eigenvalue weighted by molar-refractivity contribution is 0.0611. The fourth-order valence-corrected chi connectivity index (χ4v) is 2.13. The van der Waals surface area contributed by atoms with Gasteiger partial charge in [-0.1, -0.05) is 0 Å². The van der Waals surface area contributed by atoms with Crippen LogP contribution in [0.3, 0.4) is 0 Å². The lowest BCUT2D eigenvalue weighted by Gasteiger charge is -2.22. The Morgan fingerprint density at radius 2 is 2.12 bits per heavy atom. The predicted molar refractivity (Wildman–Crippen MR) is 59.1 cm³/mol. The third-order valence-corrected chi connectivity index (χ3v) is 3.06. The maximum atomic E-state index is 13.2. The molecule has 17 heavy (non-hydrogen) atoms. The molecule has 0 radical (unpaired) electrons. The average molecular weight is 243 g/mol. The van der Waals surface area contributed by atoms with Crippen LogP contribution in [0.2, 0.25) is 0 Å². The second kappa shape index (κ2) is 4.58. The molecular weight excluding hydrogens is 228 g/mol. The Balaban J connectivity index is 2.28. The molecule has 1 aliphatic rings. The van der Waals surface area contributed by atoms with Crippen molar-refractivity contribution in [1.82, 2.24) is 5.32 Å². The van der Waals surface area contributed by atoms with Crippen molar-refractivity contribution in [2.45, 2.75) is 18.4 Å². The molecule has 94 valence electrons. The molecule has 2 rings (SSSR count). The van der Waals surface area contributed by atoms with E-state index in [0.29, 0.717) is 18.5 Å². The first-order valence-corrected chi connectivity index (χ1v) is 5.49. The van der Waals surface area contributed by atoms with Crippen LogP contribution in [0.1, 0.15) is 12.0 Å². The van der Waals surface area contributed by atoms with Crippen LogP contribution < -0.4 is 10.1 Å². The van der Waals surface area contributed by atoms with Gasteiger partial charge in [0.2, 0.25) is 0 Å². The fourth-order valence-electron chi connectivity index (χ4n) is 2.13. The quantitative estimate of drug-likeness (QED) is 0.839. The zero-order chi connectivity index (χ0) is 12.5. The SMILES string of the molecule is COc1cc(F)c(F)cc1CC1(O)CCNC1. The largest absolute Gasteiger partial charge is 0.496 e. The number of nitrogens with one attached hydrogen (secondary N) is 1. The van der Waals surface area contributed by atoms with Crippen LogP contribution in [0.25, 0.3) is 0 Å². The summed E-state index contributed by atoms with van der Waals surface area (Å²) in [4.78, 5) is 0. The van der Waals surface area contributed by atoms with Crippen LogP contribution in [-0.2, 0) is 6.42 Å². The first kappa shape index (κ1) is 12.3. The number of benzene rings is 1. The van der Waals surface area contributed by atoms with E-state index >= 15 is 0 Å². The molecule has 0 bridgehead atoms. The Labute approximate surface area is 98.4 Å². The maximum Gasteiger partial charge on any atom is 0.162 e. The summed E-state index contributed by atoms with van der Waals surface area (Å²) in [6.07, 6.45) is 0.843. The molecule has 3 nitrogen and oxygen atoms in total. The number of aliphatic hydroxyl groups is 1. The lowest BCUT2D eigenvalue weighted by Crippen LogP contribution is -2.34. The van der Waals surface area contributed by atoms with Crippen molar-refractivity contribution in [3.8, 4) is 5.75 Å². The number of β-amino-alcohol motifs (C(OH)–C–C–N with tert-alkyl or cyclic N) is 1. The number of rotatable bonds is 3. The van der Waals surface area contributed by atoms with E-state index in [1.54, 1.807) is 0 Å². The van der Waals surface area contributed by atoms with Gasteiger partial charge in [-0.25, -0.2) is 8.78 Å². The van der Waals surface area contributed by atoms with E-state index in [9.17, 15) is 13.9 Å². The van der Waals surface area contributed by atoms with E-state index in [2.05, 4.69) is 5.32 Å². The van der Waals surface area contributed by atoms with Gasteiger partial charge in [0.05, 0.1) is 12.7 Å². The number of hydrogen-bond acceptors (Lipinski definition) is 3. The van der Waals surface area contributed by atoms with Crippen molar-refractivity contribution in [3.63, 3.8) is 0 Å². The first-order chi connectivity index (χ1) is 8.04. The molecule has 0 aromatic heterocycles. The second-order valence-corrected chi connectivity index (χ2v) is 4.41. The van der Waals surface area contributed by atoms with Crippen LogP contribution >= 0.6 is 0 Å². The topological polar surface area (TPSA) is 41.5 Å². The maximum absolute atomic E-state index is 13.2. The molecular formula is C12H15F2NO2. The minimum absolute atomic E-state index is 0.250. The fraction of sp³-hybridized carbons (Fsp3) is 0.500. The van der Waals surface area contributed by atoms with Crippen molar-refractivity contribution in [3.05, 3.63) is 29.3 Å². The minimum Gasteiger partial charge on any atom is -0.496 e. The monoisotopic (exact) mass is 243 g/mol. The number of methoxy groups -OCH3 is 1. The standard InChI is InChI=1S/C12H15F2NO2/c1-17-11-5-10(14)9(13)4-8(11)6-12(16)2-3-15-7-12/h4-5,15-16H,2-3,6-7H2,1H3. The Bertz CT molecular complexity index is 417. The number of ether oxygens (including phenoxy) is 1. The summed E-state index contributed by atoms with van der Waals surface area (Å²) in [5.41, 5.74) is -0.421. The van der Waals surface area contributed by atoms with E-state index in [-0.39, 0.29) is 12.2 Å². The molecule has 1 aliphatic heterocycles. The molecule has 2 N–H and O–H groups in total. The summed E-state index contributed by atoms with van der Waals surface area (Å²) in [5, 5.41) is 13.2. The zero-order valence-electron chi connectivity index (χ0n) is 9.59. The summed E-state index contributed by atoms with van der Waals surface area (Å²) >= 11 is 0. The Morgan fingerprint density at radius 1 is 1.41 bits per heavy atom. The predicted octanol–water partition coefficient (Wildman–Crippen LogP) is 1.24. The molecule has 1 atom stereocenters. The van der Waals surface area contributed by atoms with Gasteiger partial charge in [0.25, 0.3) is 0 Å². The highest BCUT2D eigenvalue weighted by Gasteiger charge is 2.32. The van der Waals surface area contributed by atoms with Crippen molar-refractivity contribution >= 4 is 0 Å².